The molecule has 0 spiro atoms. The summed E-state index contributed by atoms with van der Waals surface area (Å²) in [5.41, 5.74) is 4.48. The van der Waals surface area contributed by atoms with Crippen LogP contribution < -0.4 is 10.1 Å². The van der Waals surface area contributed by atoms with Gasteiger partial charge >= 0.3 is 0 Å². The van der Waals surface area contributed by atoms with E-state index in [1.165, 1.54) is 0 Å². The van der Waals surface area contributed by atoms with Crippen LogP contribution in [0.25, 0.3) is 0 Å². The first-order valence-electron chi connectivity index (χ1n) is 6.54. The minimum Gasteiger partial charge on any atom is -0.495 e. The molecule has 0 saturated carbocycles. The third-order valence-electron chi connectivity index (χ3n) is 3.24. The lowest BCUT2D eigenvalue weighted by atomic mass is 10.0. The molecular weight excluding hydrogens is 250 g/mol. The van der Waals surface area contributed by atoms with Gasteiger partial charge in [0.25, 0.3) is 5.91 Å². The van der Waals surface area contributed by atoms with E-state index in [0.29, 0.717) is 17.0 Å². The Labute approximate surface area is 119 Å². The van der Waals surface area contributed by atoms with E-state index in [9.17, 15) is 4.79 Å². The Bertz CT molecular complexity index is 647. The molecule has 1 N–H and O–H groups in total. The number of benzene rings is 2. The van der Waals surface area contributed by atoms with Gasteiger partial charge in [0.15, 0.2) is 0 Å². The fraction of sp³-hybridized carbons (Fsp3) is 0.235. The molecule has 3 nitrogen and oxygen atoms in total. The van der Waals surface area contributed by atoms with Gasteiger partial charge in [0.05, 0.1) is 12.8 Å². The number of hydrogen-bond donors (Lipinski definition) is 1. The van der Waals surface area contributed by atoms with Gasteiger partial charge in [-0.25, -0.2) is 0 Å². The summed E-state index contributed by atoms with van der Waals surface area (Å²) in [6.45, 7) is 5.89. The van der Waals surface area contributed by atoms with E-state index in [4.69, 9.17) is 4.74 Å². The molecule has 0 atom stereocenters. The Morgan fingerprint density at radius 1 is 1.00 bits per heavy atom. The van der Waals surface area contributed by atoms with Crippen LogP contribution in [0.4, 0.5) is 5.69 Å². The molecule has 3 heteroatoms. The van der Waals surface area contributed by atoms with Crippen molar-refractivity contribution in [2.75, 3.05) is 12.4 Å². The van der Waals surface area contributed by atoms with E-state index in [-0.39, 0.29) is 5.91 Å². The number of methoxy groups -OCH3 is 1. The summed E-state index contributed by atoms with van der Waals surface area (Å²) in [5, 5.41) is 2.92. The number of ether oxygens (including phenoxy) is 1. The van der Waals surface area contributed by atoms with Crippen molar-refractivity contribution in [3.05, 3.63) is 58.7 Å². The molecule has 2 aromatic rings. The number of carbonyl (C=O) groups is 1. The quantitative estimate of drug-likeness (QED) is 0.918. The van der Waals surface area contributed by atoms with Gasteiger partial charge in [0.2, 0.25) is 0 Å². The van der Waals surface area contributed by atoms with E-state index in [1.54, 1.807) is 7.11 Å². The van der Waals surface area contributed by atoms with Gasteiger partial charge in [0, 0.05) is 5.56 Å². The third kappa shape index (κ3) is 2.99. The first-order chi connectivity index (χ1) is 9.51. The van der Waals surface area contributed by atoms with Crippen molar-refractivity contribution in [1.82, 2.24) is 0 Å². The van der Waals surface area contributed by atoms with E-state index < -0.39 is 0 Å². The average molecular weight is 269 g/mol. The Kier molecular flexibility index (Phi) is 4.08. The normalized spacial score (nSPS) is 10.2. The highest BCUT2D eigenvalue weighted by Gasteiger charge is 2.12. The Morgan fingerprint density at radius 3 is 2.35 bits per heavy atom. The van der Waals surface area contributed by atoms with Crippen molar-refractivity contribution >= 4 is 11.6 Å². The van der Waals surface area contributed by atoms with Crippen LogP contribution in [0.1, 0.15) is 27.0 Å². The highest BCUT2D eigenvalue weighted by atomic mass is 16.5. The topological polar surface area (TPSA) is 38.3 Å². The van der Waals surface area contributed by atoms with Gasteiger partial charge in [-0.1, -0.05) is 23.8 Å². The minimum atomic E-state index is -0.116. The van der Waals surface area contributed by atoms with Crippen LogP contribution in [-0.2, 0) is 0 Å². The van der Waals surface area contributed by atoms with Crippen molar-refractivity contribution in [3.8, 4) is 5.75 Å². The monoisotopic (exact) mass is 269 g/mol. The number of nitrogens with one attached hydrogen (secondary N) is 1. The first kappa shape index (κ1) is 14.1. The first-order valence-corrected chi connectivity index (χ1v) is 6.54. The van der Waals surface area contributed by atoms with Crippen molar-refractivity contribution in [2.45, 2.75) is 20.8 Å². The zero-order valence-corrected chi connectivity index (χ0v) is 12.3. The fourth-order valence-electron chi connectivity index (χ4n) is 2.09. The van der Waals surface area contributed by atoms with E-state index in [0.717, 1.165) is 16.7 Å². The number of carbonyl (C=O) groups excluding carboxylic acids is 1. The molecule has 0 saturated heterocycles. The van der Waals surface area contributed by atoms with Crippen molar-refractivity contribution in [3.63, 3.8) is 0 Å². The molecule has 2 rings (SSSR count). The Hall–Kier alpha value is -2.29. The van der Waals surface area contributed by atoms with Crippen molar-refractivity contribution < 1.29 is 9.53 Å². The smallest absolute Gasteiger partial charge is 0.256 e. The zero-order valence-electron chi connectivity index (χ0n) is 12.3. The van der Waals surface area contributed by atoms with Crippen LogP contribution in [0.5, 0.6) is 5.75 Å². The fourth-order valence-corrected chi connectivity index (χ4v) is 2.09. The highest BCUT2D eigenvalue weighted by molar-refractivity contribution is 6.06. The van der Waals surface area contributed by atoms with Gasteiger partial charge < -0.3 is 10.1 Å². The van der Waals surface area contributed by atoms with Crippen LogP contribution in [0, 0.1) is 20.8 Å². The SMILES string of the molecule is COc1ccc(C)cc1NC(=O)c1cc(C)ccc1C. The Morgan fingerprint density at radius 2 is 1.65 bits per heavy atom. The molecule has 0 aliphatic rings. The summed E-state index contributed by atoms with van der Waals surface area (Å²) < 4.78 is 5.28. The number of hydrogen-bond acceptors (Lipinski definition) is 2. The van der Waals surface area contributed by atoms with Crippen molar-refractivity contribution in [2.24, 2.45) is 0 Å². The molecular formula is C17H19NO2. The summed E-state index contributed by atoms with van der Waals surface area (Å²) in [5.74, 6) is 0.546. The second kappa shape index (κ2) is 5.78. The predicted octanol–water partition coefficient (Wildman–Crippen LogP) is 3.87. The van der Waals surface area contributed by atoms with E-state index in [1.807, 2.05) is 57.2 Å². The number of amides is 1. The highest BCUT2D eigenvalue weighted by Crippen LogP contribution is 2.26. The molecule has 0 radical (unpaired) electrons. The summed E-state index contributed by atoms with van der Waals surface area (Å²) in [6, 6.07) is 11.6. The maximum Gasteiger partial charge on any atom is 0.256 e. The van der Waals surface area contributed by atoms with E-state index >= 15 is 0 Å². The molecule has 20 heavy (non-hydrogen) atoms. The Balaban J connectivity index is 2.32. The van der Waals surface area contributed by atoms with Crippen LogP contribution in [0.3, 0.4) is 0 Å². The largest absolute Gasteiger partial charge is 0.495 e. The predicted molar refractivity (Wildman–Crippen MR) is 81.6 cm³/mol. The maximum atomic E-state index is 12.4. The van der Waals surface area contributed by atoms with Gasteiger partial charge in [-0.2, -0.15) is 0 Å². The average Bonchev–Trinajstić information content (AvgIpc) is 2.41. The molecule has 0 aromatic heterocycles. The lowest BCUT2D eigenvalue weighted by Gasteiger charge is -2.12. The zero-order chi connectivity index (χ0) is 14.7. The molecule has 0 aliphatic heterocycles. The number of rotatable bonds is 3. The van der Waals surface area contributed by atoms with Crippen LogP contribution in [-0.4, -0.2) is 13.0 Å². The molecule has 0 fully saturated rings. The van der Waals surface area contributed by atoms with Gasteiger partial charge in [-0.05, 0) is 50.1 Å². The molecule has 1 amide bonds. The summed E-state index contributed by atoms with van der Waals surface area (Å²) >= 11 is 0. The third-order valence-corrected chi connectivity index (χ3v) is 3.24. The summed E-state index contributed by atoms with van der Waals surface area (Å²) in [6.07, 6.45) is 0. The number of anilines is 1. The molecule has 104 valence electrons. The van der Waals surface area contributed by atoms with Gasteiger partial charge in [-0.15, -0.1) is 0 Å². The lowest BCUT2D eigenvalue weighted by Crippen LogP contribution is -2.14. The van der Waals surface area contributed by atoms with Crippen LogP contribution >= 0.6 is 0 Å². The molecule has 2 aromatic carbocycles. The second-order valence-corrected chi connectivity index (χ2v) is 4.98. The van der Waals surface area contributed by atoms with Gasteiger partial charge in [-0.3, -0.25) is 4.79 Å². The standard InChI is InChI=1S/C17H19NO2/c1-11-5-7-13(3)14(9-11)17(19)18-15-10-12(2)6-8-16(15)20-4/h5-10H,1-4H3,(H,18,19). The van der Waals surface area contributed by atoms with E-state index in [2.05, 4.69) is 5.32 Å². The summed E-state index contributed by atoms with van der Waals surface area (Å²) in [4.78, 5) is 12.4. The van der Waals surface area contributed by atoms with Crippen LogP contribution in [0.15, 0.2) is 36.4 Å². The van der Waals surface area contributed by atoms with Gasteiger partial charge in [0.1, 0.15) is 5.75 Å². The molecule has 0 unspecified atom stereocenters. The number of aryl methyl sites for hydroxylation is 3. The molecule has 0 heterocycles. The maximum absolute atomic E-state index is 12.4. The lowest BCUT2D eigenvalue weighted by molar-refractivity contribution is 0.102. The van der Waals surface area contributed by atoms with Crippen LogP contribution in [0.2, 0.25) is 0 Å². The molecule has 0 bridgehead atoms. The van der Waals surface area contributed by atoms with Crippen molar-refractivity contribution in [1.29, 1.82) is 0 Å². The second-order valence-electron chi connectivity index (χ2n) is 4.98. The molecule has 0 aliphatic carbocycles. The minimum absolute atomic E-state index is 0.116. The summed E-state index contributed by atoms with van der Waals surface area (Å²) in [7, 11) is 1.60.